The summed E-state index contributed by atoms with van der Waals surface area (Å²) in [5, 5.41) is 3.24. The first-order valence-corrected chi connectivity index (χ1v) is 5.61. The van der Waals surface area contributed by atoms with Gasteiger partial charge in [0.15, 0.2) is 11.6 Å². The van der Waals surface area contributed by atoms with Gasteiger partial charge in [0, 0.05) is 30.9 Å². The van der Waals surface area contributed by atoms with Gasteiger partial charge in [-0.1, -0.05) is 6.07 Å². The normalized spacial score (nSPS) is 14.7. The quantitative estimate of drug-likeness (QED) is 0.802. The van der Waals surface area contributed by atoms with Crippen molar-refractivity contribution in [1.29, 1.82) is 0 Å². The molecule has 1 aliphatic heterocycles. The number of halogens is 2. The fourth-order valence-corrected chi connectivity index (χ4v) is 2.27. The number of aromatic nitrogens is 1. The lowest BCUT2D eigenvalue weighted by Crippen LogP contribution is -2.28. The Labute approximate surface area is 97.9 Å². The van der Waals surface area contributed by atoms with Gasteiger partial charge in [0.05, 0.1) is 5.69 Å². The highest BCUT2D eigenvalue weighted by atomic mass is 19.2. The third-order valence-electron chi connectivity index (χ3n) is 3.12. The maximum atomic E-state index is 13.7. The average molecular weight is 234 g/mol. The molecule has 2 nitrogen and oxygen atoms in total. The molecule has 2 heterocycles. The van der Waals surface area contributed by atoms with E-state index >= 15 is 0 Å². The summed E-state index contributed by atoms with van der Waals surface area (Å²) in [6.07, 6.45) is 0. The number of rotatable bonds is 1. The Morgan fingerprint density at radius 3 is 2.88 bits per heavy atom. The molecule has 17 heavy (non-hydrogen) atoms. The van der Waals surface area contributed by atoms with Gasteiger partial charge in [0.2, 0.25) is 0 Å². The molecule has 0 aliphatic carbocycles. The van der Waals surface area contributed by atoms with Gasteiger partial charge in [0.1, 0.15) is 0 Å². The number of benzene rings is 1. The zero-order chi connectivity index (χ0) is 11.8. The molecule has 0 bridgehead atoms. The standard InChI is InChI=1S/C13H12F2N2/c14-11-3-1-2-10(13(11)15)12-5-4-9-8-16-6-7-17(9)12/h1-5,16H,6-8H2. The smallest absolute Gasteiger partial charge is 0.168 e. The van der Waals surface area contributed by atoms with Crippen LogP contribution in [0, 0.1) is 11.6 Å². The lowest BCUT2D eigenvalue weighted by atomic mass is 10.1. The minimum atomic E-state index is -0.799. The molecule has 0 saturated heterocycles. The van der Waals surface area contributed by atoms with Crippen molar-refractivity contribution in [3.63, 3.8) is 0 Å². The van der Waals surface area contributed by atoms with Crippen LogP contribution >= 0.6 is 0 Å². The molecule has 0 spiro atoms. The fourth-order valence-electron chi connectivity index (χ4n) is 2.27. The van der Waals surface area contributed by atoms with Crippen LogP contribution in [-0.2, 0) is 13.1 Å². The zero-order valence-corrected chi connectivity index (χ0v) is 9.21. The lowest BCUT2D eigenvalue weighted by molar-refractivity contribution is 0.503. The summed E-state index contributed by atoms with van der Waals surface area (Å²) in [6.45, 7) is 2.41. The van der Waals surface area contributed by atoms with Crippen LogP contribution in [0.5, 0.6) is 0 Å². The Balaban J connectivity index is 2.15. The summed E-state index contributed by atoms with van der Waals surface area (Å²) < 4.78 is 29.0. The first-order chi connectivity index (χ1) is 8.27. The average Bonchev–Trinajstić information content (AvgIpc) is 2.77. The third kappa shape index (κ3) is 1.65. The Bertz CT molecular complexity index is 561. The molecular formula is C13H12F2N2. The van der Waals surface area contributed by atoms with Crippen molar-refractivity contribution in [2.45, 2.75) is 13.1 Å². The summed E-state index contributed by atoms with van der Waals surface area (Å²) in [5.41, 5.74) is 2.19. The van der Waals surface area contributed by atoms with Gasteiger partial charge in [-0.3, -0.25) is 0 Å². The number of nitrogens with zero attached hydrogens (tertiary/aromatic N) is 1. The second-order valence-electron chi connectivity index (χ2n) is 4.14. The van der Waals surface area contributed by atoms with Gasteiger partial charge < -0.3 is 9.88 Å². The highest BCUT2D eigenvalue weighted by Gasteiger charge is 2.17. The lowest BCUT2D eigenvalue weighted by Gasteiger charge is -2.19. The van der Waals surface area contributed by atoms with Crippen molar-refractivity contribution in [2.75, 3.05) is 6.54 Å². The van der Waals surface area contributed by atoms with Gasteiger partial charge in [-0.2, -0.15) is 0 Å². The van der Waals surface area contributed by atoms with Crippen molar-refractivity contribution in [3.8, 4) is 11.3 Å². The van der Waals surface area contributed by atoms with E-state index in [1.807, 2.05) is 16.7 Å². The van der Waals surface area contributed by atoms with Gasteiger partial charge in [-0.15, -0.1) is 0 Å². The Morgan fingerprint density at radius 2 is 2.00 bits per heavy atom. The molecule has 0 saturated carbocycles. The predicted octanol–water partition coefficient (Wildman–Crippen LogP) is 2.54. The molecule has 1 aromatic carbocycles. The molecule has 1 aromatic heterocycles. The Hall–Kier alpha value is -1.68. The largest absolute Gasteiger partial charge is 0.342 e. The summed E-state index contributed by atoms with van der Waals surface area (Å²) in [4.78, 5) is 0. The van der Waals surface area contributed by atoms with E-state index in [4.69, 9.17) is 0 Å². The van der Waals surface area contributed by atoms with Gasteiger partial charge in [-0.05, 0) is 24.3 Å². The molecule has 0 fully saturated rings. The van der Waals surface area contributed by atoms with Crippen LogP contribution in [0.25, 0.3) is 11.3 Å². The fraction of sp³-hybridized carbons (Fsp3) is 0.231. The first-order valence-electron chi connectivity index (χ1n) is 5.61. The second kappa shape index (κ2) is 3.96. The Kier molecular flexibility index (Phi) is 2.44. The topological polar surface area (TPSA) is 17.0 Å². The van der Waals surface area contributed by atoms with Crippen LogP contribution in [-0.4, -0.2) is 11.1 Å². The van der Waals surface area contributed by atoms with Crippen molar-refractivity contribution < 1.29 is 8.78 Å². The molecule has 2 aromatic rings. The maximum Gasteiger partial charge on any atom is 0.168 e. The minimum Gasteiger partial charge on any atom is -0.342 e. The summed E-state index contributed by atoms with van der Waals surface area (Å²) in [6, 6.07) is 8.09. The molecule has 3 rings (SSSR count). The molecule has 0 unspecified atom stereocenters. The van der Waals surface area contributed by atoms with E-state index in [0.717, 1.165) is 37.1 Å². The zero-order valence-electron chi connectivity index (χ0n) is 9.21. The maximum absolute atomic E-state index is 13.7. The van der Waals surface area contributed by atoms with Crippen molar-refractivity contribution in [2.24, 2.45) is 0 Å². The molecule has 88 valence electrons. The highest BCUT2D eigenvalue weighted by Crippen LogP contribution is 2.27. The Morgan fingerprint density at radius 1 is 1.12 bits per heavy atom. The van der Waals surface area contributed by atoms with Crippen molar-refractivity contribution >= 4 is 0 Å². The van der Waals surface area contributed by atoms with Crippen LogP contribution in [0.4, 0.5) is 8.78 Å². The molecule has 4 heteroatoms. The molecular weight excluding hydrogens is 222 g/mol. The van der Waals surface area contributed by atoms with E-state index in [1.54, 1.807) is 6.07 Å². The summed E-state index contributed by atoms with van der Waals surface area (Å²) in [7, 11) is 0. The van der Waals surface area contributed by atoms with E-state index in [2.05, 4.69) is 5.32 Å². The SMILES string of the molecule is Fc1cccc(-c2ccc3n2CCNC3)c1F. The van der Waals surface area contributed by atoms with Crippen LogP contribution in [0.1, 0.15) is 5.69 Å². The van der Waals surface area contributed by atoms with Gasteiger partial charge >= 0.3 is 0 Å². The van der Waals surface area contributed by atoms with Gasteiger partial charge in [0.25, 0.3) is 0 Å². The van der Waals surface area contributed by atoms with Crippen LogP contribution < -0.4 is 5.32 Å². The van der Waals surface area contributed by atoms with Gasteiger partial charge in [-0.25, -0.2) is 8.78 Å². The molecule has 1 aliphatic rings. The van der Waals surface area contributed by atoms with E-state index < -0.39 is 11.6 Å². The number of fused-ring (bicyclic) bond motifs is 1. The van der Waals surface area contributed by atoms with Crippen molar-refractivity contribution in [3.05, 3.63) is 47.7 Å². The number of hydrogen-bond acceptors (Lipinski definition) is 1. The van der Waals surface area contributed by atoms with E-state index in [0.29, 0.717) is 5.56 Å². The van der Waals surface area contributed by atoms with Crippen LogP contribution in [0.15, 0.2) is 30.3 Å². The summed E-state index contributed by atoms with van der Waals surface area (Å²) >= 11 is 0. The van der Waals surface area contributed by atoms with E-state index in [-0.39, 0.29) is 0 Å². The highest BCUT2D eigenvalue weighted by molar-refractivity contribution is 5.62. The van der Waals surface area contributed by atoms with Crippen molar-refractivity contribution in [1.82, 2.24) is 9.88 Å². The minimum absolute atomic E-state index is 0.332. The monoisotopic (exact) mass is 234 g/mol. The molecule has 0 radical (unpaired) electrons. The van der Waals surface area contributed by atoms with Crippen LogP contribution in [0.2, 0.25) is 0 Å². The second-order valence-corrected chi connectivity index (χ2v) is 4.14. The molecule has 0 atom stereocenters. The molecule has 0 amide bonds. The van der Waals surface area contributed by atoms with Crippen LogP contribution in [0.3, 0.4) is 0 Å². The van der Waals surface area contributed by atoms with E-state index in [1.165, 1.54) is 6.07 Å². The third-order valence-corrected chi connectivity index (χ3v) is 3.12. The molecule has 1 N–H and O–H groups in total. The summed E-state index contributed by atoms with van der Waals surface area (Å²) in [5.74, 6) is -1.57. The first kappa shape index (κ1) is 10.5. The number of nitrogens with one attached hydrogen (secondary N) is 1. The number of hydrogen-bond donors (Lipinski definition) is 1. The van der Waals surface area contributed by atoms with E-state index in [9.17, 15) is 8.78 Å². The predicted molar refractivity (Wildman–Crippen MR) is 61.5 cm³/mol.